The van der Waals surface area contributed by atoms with Crippen LogP contribution in [-0.4, -0.2) is 24.0 Å². The van der Waals surface area contributed by atoms with Crippen molar-refractivity contribution in [2.75, 3.05) is 13.1 Å². The van der Waals surface area contributed by atoms with Crippen LogP contribution in [0.25, 0.3) is 0 Å². The molecule has 2 heteroatoms. The summed E-state index contributed by atoms with van der Waals surface area (Å²) in [6.07, 6.45) is 5.46. The molecule has 2 saturated carbocycles. The van der Waals surface area contributed by atoms with Gasteiger partial charge in [0.15, 0.2) is 0 Å². The van der Waals surface area contributed by atoms with Crippen molar-refractivity contribution < 1.29 is 0 Å². The number of benzene rings is 1. The van der Waals surface area contributed by atoms with Crippen molar-refractivity contribution in [2.45, 2.75) is 38.3 Å². The Kier molecular flexibility index (Phi) is 2.89. The molecule has 0 amide bonds. The van der Waals surface area contributed by atoms with E-state index in [1.54, 1.807) is 5.56 Å². The van der Waals surface area contributed by atoms with Gasteiger partial charge >= 0.3 is 0 Å². The maximum atomic E-state index is 6.45. The topological polar surface area (TPSA) is 29.3 Å². The highest BCUT2D eigenvalue weighted by atomic mass is 15.1. The second-order valence-corrected chi connectivity index (χ2v) is 6.83. The summed E-state index contributed by atoms with van der Waals surface area (Å²) in [6.45, 7) is 3.59. The van der Waals surface area contributed by atoms with Crippen LogP contribution in [0.2, 0.25) is 0 Å². The summed E-state index contributed by atoms with van der Waals surface area (Å²) >= 11 is 0. The zero-order chi connectivity index (χ0) is 12.8. The highest BCUT2D eigenvalue weighted by molar-refractivity contribution is 5.29. The monoisotopic (exact) mass is 256 g/mol. The molecule has 1 aromatic carbocycles. The van der Waals surface area contributed by atoms with Gasteiger partial charge < -0.3 is 5.73 Å². The second-order valence-electron chi connectivity index (χ2n) is 6.83. The maximum absolute atomic E-state index is 6.45. The highest BCUT2D eigenvalue weighted by Crippen LogP contribution is 2.48. The van der Waals surface area contributed by atoms with E-state index in [9.17, 15) is 0 Å². The average Bonchev–Trinajstić information content (AvgIpc) is 3.02. The van der Waals surface area contributed by atoms with Gasteiger partial charge in [0.1, 0.15) is 0 Å². The summed E-state index contributed by atoms with van der Waals surface area (Å²) in [7, 11) is 0. The molecule has 102 valence electrons. The Morgan fingerprint density at radius 1 is 1.11 bits per heavy atom. The lowest BCUT2D eigenvalue weighted by Crippen LogP contribution is -2.44. The van der Waals surface area contributed by atoms with Crippen molar-refractivity contribution in [3.05, 3.63) is 35.4 Å². The molecule has 2 bridgehead atoms. The van der Waals surface area contributed by atoms with Crippen LogP contribution in [0.1, 0.15) is 30.4 Å². The molecule has 0 spiro atoms. The van der Waals surface area contributed by atoms with Gasteiger partial charge in [0.2, 0.25) is 0 Å². The van der Waals surface area contributed by atoms with Crippen molar-refractivity contribution in [1.29, 1.82) is 0 Å². The third kappa shape index (κ3) is 2.02. The van der Waals surface area contributed by atoms with E-state index in [0.717, 1.165) is 24.3 Å². The molecule has 1 aliphatic heterocycles. The highest BCUT2D eigenvalue weighted by Gasteiger charge is 2.46. The maximum Gasteiger partial charge on any atom is 0.0236 e. The predicted octanol–water partition coefficient (Wildman–Crippen LogP) is 2.42. The zero-order valence-electron chi connectivity index (χ0n) is 11.6. The van der Waals surface area contributed by atoms with Gasteiger partial charge in [0.05, 0.1) is 0 Å². The van der Waals surface area contributed by atoms with Crippen LogP contribution in [0.3, 0.4) is 0 Å². The number of fused-ring (bicyclic) bond motifs is 3. The minimum atomic E-state index is 0.482. The molecule has 4 atom stereocenters. The normalized spacial score (nSPS) is 37.5. The molecule has 2 N–H and O–H groups in total. The van der Waals surface area contributed by atoms with E-state index in [2.05, 4.69) is 29.2 Å². The van der Waals surface area contributed by atoms with Crippen molar-refractivity contribution in [3.63, 3.8) is 0 Å². The Balaban J connectivity index is 1.45. The molecule has 1 heterocycles. The molecular weight excluding hydrogens is 232 g/mol. The molecule has 4 unspecified atom stereocenters. The second kappa shape index (κ2) is 4.60. The molecule has 0 radical (unpaired) electrons. The third-order valence-corrected chi connectivity index (χ3v) is 5.84. The van der Waals surface area contributed by atoms with Crippen molar-refractivity contribution >= 4 is 0 Å². The fourth-order valence-electron chi connectivity index (χ4n) is 4.73. The quantitative estimate of drug-likeness (QED) is 0.880. The summed E-state index contributed by atoms with van der Waals surface area (Å²) in [5, 5.41) is 0. The van der Waals surface area contributed by atoms with Gasteiger partial charge in [0, 0.05) is 25.7 Å². The fraction of sp³-hybridized carbons (Fsp3) is 0.647. The molecule has 0 saturated heterocycles. The molecule has 0 aromatic heterocycles. The Morgan fingerprint density at radius 3 is 2.68 bits per heavy atom. The smallest absolute Gasteiger partial charge is 0.0236 e. The molecule has 3 aliphatic rings. The minimum Gasteiger partial charge on any atom is -0.327 e. The first-order valence-corrected chi connectivity index (χ1v) is 7.86. The van der Waals surface area contributed by atoms with Gasteiger partial charge in [-0.25, -0.2) is 0 Å². The fourth-order valence-corrected chi connectivity index (χ4v) is 4.73. The molecular formula is C17H24N2. The summed E-state index contributed by atoms with van der Waals surface area (Å²) in [6, 6.07) is 9.40. The largest absolute Gasteiger partial charge is 0.327 e. The molecule has 19 heavy (non-hydrogen) atoms. The van der Waals surface area contributed by atoms with Gasteiger partial charge in [-0.2, -0.15) is 0 Å². The zero-order valence-corrected chi connectivity index (χ0v) is 11.6. The third-order valence-electron chi connectivity index (χ3n) is 5.84. The molecule has 4 rings (SSSR count). The van der Waals surface area contributed by atoms with Crippen molar-refractivity contribution in [1.82, 2.24) is 4.90 Å². The lowest BCUT2D eigenvalue weighted by Gasteiger charge is -2.36. The summed E-state index contributed by atoms with van der Waals surface area (Å²) in [5.74, 6) is 2.54. The van der Waals surface area contributed by atoms with Gasteiger partial charge in [-0.15, -0.1) is 0 Å². The molecule has 1 aromatic rings. The lowest BCUT2D eigenvalue weighted by molar-refractivity contribution is 0.163. The lowest BCUT2D eigenvalue weighted by atomic mass is 9.84. The minimum absolute atomic E-state index is 0.482. The van der Waals surface area contributed by atoms with Crippen molar-refractivity contribution in [2.24, 2.45) is 23.5 Å². The average molecular weight is 256 g/mol. The van der Waals surface area contributed by atoms with Crippen LogP contribution in [0.15, 0.2) is 24.3 Å². The van der Waals surface area contributed by atoms with Crippen LogP contribution in [-0.2, 0) is 13.0 Å². The van der Waals surface area contributed by atoms with Gasteiger partial charge in [-0.1, -0.05) is 24.3 Å². The molecule has 2 aliphatic carbocycles. The van der Waals surface area contributed by atoms with E-state index in [1.807, 2.05) is 0 Å². The number of hydrogen-bond donors (Lipinski definition) is 1. The first-order chi connectivity index (χ1) is 9.31. The van der Waals surface area contributed by atoms with E-state index in [0.29, 0.717) is 6.04 Å². The van der Waals surface area contributed by atoms with E-state index in [4.69, 9.17) is 5.73 Å². The van der Waals surface area contributed by atoms with Crippen LogP contribution >= 0.6 is 0 Å². The number of rotatable bonds is 2. The Bertz CT molecular complexity index is 468. The van der Waals surface area contributed by atoms with E-state index >= 15 is 0 Å². The van der Waals surface area contributed by atoms with Gasteiger partial charge in [0.25, 0.3) is 0 Å². The standard InChI is InChI=1S/C17H24N2/c18-17-14-6-5-13(9-14)16(17)11-19-8-7-12-3-1-2-4-15(12)10-19/h1-4,13-14,16-17H,5-11,18H2. The Morgan fingerprint density at radius 2 is 1.89 bits per heavy atom. The van der Waals surface area contributed by atoms with E-state index in [-0.39, 0.29) is 0 Å². The van der Waals surface area contributed by atoms with Crippen LogP contribution in [0, 0.1) is 17.8 Å². The summed E-state index contributed by atoms with van der Waals surface area (Å²) in [5.41, 5.74) is 9.53. The first kappa shape index (κ1) is 11.9. The van der Waals surface area contributed by atoms with Crippen molar-refractivity contribution in [3.8, 4) is 0 Å². The van der Waals surface area contributed by atoms with Crippen LogP contribution < -0.4 is 5.73 Å². The number of nitrogens with two attached hydrogens (primary N) is 1. The molecule has 2 fully saturated rings. The summed E-state index contributed by atoms with van der Waals surface area (Å²) in [4.78, 5) is 2.65. The van der Waals surface area contributed by atoms with Gasteiger partial charge in [-0.3, -0.25) is 4.90 Å². The number of hydrogen-bond acceptors (Lipinski definition) is 2. The predicted molar refractivity (Wildman–Crippen MR) is 77.7 cm³/mol. The van der Waals surface area contributed by atoms with Crippen LogP contribution in [0.4, 0.5) is 0 Å². The summed E-state index contributed by atoms with van der Waals surface area (Å²) < 4.78 is 0. The van der Waals surface area contributed by atoms with E-state index in [1.165, 1.54) is 44.3 Å². The Hall–Kier alpha value is -0.860. The van der Waals surface area contributed by atoms with Crippen LogP contribution in [0.5, 0.6) is 0 Å². The van der Waals surface area contributed by atoms with E-state index < -0.39 is 0 Å². The van der Waals surface area contributed by atoms with Gasteiger partial charge in [-0.05, 0) is 54.6 Å². The molecule has 2 nitrogen and oxygen atoms in total. The SMILES string of the molecule is NC1C2CCC(C2)C1CN1CCc2ccccc2C1. The number of nitrogens with zero attached hydrogens (tertiary/aromatic N) is 1. The first-order valence-electron chi connectivity index (χ1n) is 7.86. The Labute approximate surface area is 116 Å².